The Balaban J connectivity index is 1.70. The average molecular weight is 380 g/mol. The van der Waals surface area contributed by atoms with Crippen LogP contribution < -0.4 is 5.32 Å². The number of thioether (sulfide) groups is 1. The Labute approximate surface area is 151 Å². The quantitative estimate of drug-likeness (QED) is 0.885. The Morgan fingerprint density at radius 3 is 2.77 bits per heavy atom. The summed E-state index contributed by atoms with van der Waals surface area (Å²) in [6, 6.07) is 4.98. The lowest BCUT2D eigenvalue weighted by molar-refractivity contribution is -0.137. The number of alkyl halides is 3. The van der Waals surface area contributed by atoms with Gasteiger partial charge in [-0.25, -0.2) is 4.68 Å². The second kappa shape index (κ2) is 6.46. The molecule has 2 aromatic rings. The maximum Gasteiger partial charge on any atom is 0.416 e. The zero-order valence-electron chi connectivity index (χ0n) is 13.6. The third kappa shape index (κ3) is 3.35. The zero-order chi connectivity index (χ0) is 18.3. The molecule has 0 spiro atoms. The summed E-state index contributed by atoms with van der Waals surface area (Å²) in [5, 5.41) is 7.54. The topological polar surface area (TPSA) is 59.3 Å². The molecule has 1 aromatic carbocycles. The SMILES string of the molecule is O=C(NC1=NCCS1)c1cnn(-c2cccc(C(F)(F)F)c2)c1C1CC1. The van der Waals surface area contributed by atoms with Gasteiger partial charge in [0.15, 0.2) is 5.17 Å². The van der Waals surface area contributed by atoms with Gasteiger partial charge in [-0.3, -0.25) is 9.79 Å². The van der Waals surface area contributed by atoms with Gasteiger partial charge in [-0.1, -0.05) is 17.8 Å². The molecule has 0 unspecified atom stereocenters. The molecule has 2 heterocycles. The number of benzene rings is 1. The van der Waals surface area contributed by atoms with E-state index in [4.69, 9.17) is 0 Å². The van der Waals surface area contributed by atoms with Crippen LogP contribution >= 0.6 is 11.8 Å². The van der Waals surface area contributed by atoms with E-state index in [2.05, 4.69) is 15.4 Å². The first-order valence-electron chi connectivity index (χ1n) is 8.17. The predicted octanol–water partition coefficient (Wildman–Crippen LogP) is 3.60. The number of nitrogens with one attached hydrogen (secondary N) is 1. The van der Waals surface area contributed by atoms with Crippen LogP contribution in [-0.4, -0.2) is 33.2 Å². The predicted molar refractivity (Wildman–Crippen MR) is 92.8 cm³/mol. The lowest BCUT2D eigenvalue weighted by atomic mass is 10.1. The molecule has 1 saturated carbocycles. The van der Waals surface area contributed by atoms with Crippen molar-refractivity contribution >= 4 is 22.8 Å². The fourth-order valence-corrected chi connectivity index (χ4v) is 3.60. The molecule has 1 N–H and O–H groups in total. The molecule has 5 nitrogen and oxygen atoms in total. The number of carbonyl (C=O) groups excluding carboxylic acids is 1. The molecule has 1 aliphatic carbocycles. The smallest absolute Gasteiger partial charge is 0.301 e. The van der Waals surface area contributed by atoms with E-state index in [1.165, 1.54) is 28.7 Å². The number of carbonyl (C=O) groups is 1. The van der Waals surface area contributed by atoms with Gasteiger partial charge in [0.1, 0.15) is 0 Å². The molecule has 1 amide bonds. The van der Waals surface area contributed by atoms with Crippen LogP contribution in [0.3, 0.4) is 0 Å². The molecule has 0 atom stereocenters. The maximum atomic E-state index is 13.0. The van der Waals surface area contributed by atoms with Gasteiger partial charge in [0.25, 0.3) is 5.91 Å². The highest BCUT2D eigenvalue weighted by atomic mass is 32.2. The van der Waals surface area contributed by atoms with Crippen LogP contribution in [0.2, 0.25) is 0 Å². The van der Waals surface area contributed by atoms with Crippen LogP contribution in [0.25, 0.3) is 5.69 Å². The molecule has 136 valence electrons. The van der Waals surface area contributed by atoms with Gasteiger partial charge in [0.2, 0.25) is 0 Å². The molecule has 0 bridgehead atoms. The summed E-state index contributed by atoms with van der Waals surface area (Å²) in [4.78, 5) is 16.8. The standard InChI is InChI=1S/C17H15F3N4OS/c18-17(19,20)11-2-1-3-12(8-11)24-14(10-4-5-10)13(9-22-24)15(25)23-16-21-6-7-26-16/h1-3,8-10H,4-7H2,(H,21,23,25). The summed E-state index contributed by atoms with van der Waals surface area (Å²) in [5.74, 6) is 0.637. The molecule has 1 fully saturated rings. The van der Waals surface area contributed by atoms with Gasteiger partial charge in [-0.2, -0.15) is 18.3 Å². The second-order valence-electron chi connectivity index (χ2n) is 6.17. The van der Waals surface area contributed by atoms with E-state index in [0.29, 0.717) is 28.7 Å². The normalized spacial score (nSPS) is 17.3. The molecule has 2 aliphatic rings. The number of aromatic nitrogens is 2. The highest BCUT2D eigenvalue weighted by Gasteiger charge is 2.34. The number of amidine groups is 1. The number of rotatable bonds is 3. The number of hydrogen-bond donors (Lipinski definition) is 1. The largest absolute Gasteiger partial charge is 0.416 e. The molecule has 0 saturated heterocycles. The molecule has 26 heavy (non-hydrogen) atoms. The Bertz CT molecular complexity index is 886. The van der Waals surface area contributed by atoms with Crippen molar-refractivity contribution in [3.8, 4) is 5.69 Å². The Morgan fingerprint density at radius 2 is 2.12 bits per heavy atom. The molecule has 9 heteroatoms. The van der Waals surface area contributed by atoms with Crippen molar-refractivity contribution in [1.29, 1.82) is 0 Å². The van der Waals surface area contributed by atoms with E-state index in [0.717, 1.165) is 30.7 Å². The summed E-state index contributed by atoms with van der Waals surface area (Å²) >= 11 is 1.47. The van der Waals surface area contributed by atoms with Crippen molar-refractivity contribution < 1.29 is 18.0 Å². The molecule has 1 aromatic heterocycles. The minimum Gasteiger partial charge on any atom is -0.301 e. The van der Waals surface area contributed by atoms with Crippen molar-refractivity contribution in [2.24, 2.45) is 4.99 Å². The highest BCUT2D eigenvalue weighted by Crippen LogP contribution is 2.43. The number of aliphatic imine (C=N–C) groups is 1. The fourth-order valence-electron chi connectivity index (χ4n) is 2.88. The summed E-state index contributed by atoms with van der Waals surface area (Å²) < 4.78 is 40.5. The van der Waals surface area contributed by atoms with E-state index in [-0.39, 0.29) is 11.8 Å². The molecule has 0 radical (unpaired) electrons. The summed E-state index contributed by atoms with van der Waals surface area (Å²) in [7, 11) is 0. The van der Waals surface area contributed by atoms with Crippen LogP contribution in [0.4, 0.5) is 13.2 Å². The highest BCUT2D eigenvalue weighted by molar-refractivity contribution is 8.14. The minimum absolute atomic E-state index is 0.131. The Hall–Kier alpha value is -2.29. The zero-order valence-corrected chi connectivity index (χ0v) is 14.4. The fraction of sp³-hybridized carbons (Fsp3) is 0.353. The van der Waals surface area contributed by atoms with E-state index in [9.17, 15) is 18.0 Å². The lowest BCUT2D eigenvalue weighted by Crippen LogP contribution is -2.28. The lowest BCUT2D eigenvalue weighted by Gasteiger charge is -2.12. The summed E-state index contributed by atoms with van der Waals surface area (Å²) in [5.41, 5.74) is 0.605. The van der Waals surface area contributed by atoms with Gasteiger partial charge in [0.05, 0.1) is 35.2 Å². The first-order valence-corrected chi connectivity index (χ1v) is 9.16. The van der Waals surface area contributed by atoms with Gasteiger partial charge in [0, 0.05) is 11.7 Å². The van der Waals surface area contributed by atoms with Gasteiger partial charge in [-0.15, -0.1) is 0 Å². The number of halogens is 3. The van der Waals surface area contributed by atoms with Gasteiger partial charge in [-0.05, 0) is 31.0 Å². The third-order valence-electron chi connectivity index (χ3n) is 4.24. The van der Waals surface area contributed by atoms with E-state index in [1.54, 1.807) is 6.07 Å². The van der Waals surface area contributed by atoms with Gasteiger partial charge < -0.3 is 5.32 Å². The average Bonchev–Trinajstić information content (AvgIpc) is 3.13. The first-order chi connectivity index (χ1) is 12.4. The first kappa shape index (κ1) is 17.1. The molecular formula is C17H15F3N4OS. The van der Waals surface area contributed by atoms with Crippen molar-refractivity contribution in [3.63, 3.8) is 0 Å². The van der Waals surface area contributed by atoms with Crippen LogP contribution in [0.15, 0.2) is 35.5 Å². The molecule has 1 aliphatic heterocycles. The van der Waals surface area contributed by atoms with Crippen molar-refractivity contribution in [2.75, 3.05) is 12.3 Å². The number of hydrogen-bond acceptors (Lipinski definition) is 4. The molecule has 4 rings (SSSR count). The number of nitrogens with zero attached hydrogens (tertiary/aromatic N) is 3. The van der Waals surface area contributed by atoms with Crippen molar-refractivity contribution in [3.05, 3.63) is 47.3 Å². The van der Waals surface area contributed by atoms with Crippen molar-refractivity contribution in [2.45, 2.75) is 24.9 Å². The summed E-state index contributed by atoms with van der Waals surface area (Å²) in [6.07, 6.45) is -1.23. The number of amides is 1. The van der Waals surface area contributed by atoms with Crippen LogP contribution in [0.1, 0.15) is 40.4 Å². The molecular weight excluding hydrogens is 365 g/mol. The monoisotopic (exact) mass is 380 g/mol. The van der Waals surface area contributed by atoms with E-state index >= 15 is 0 Å². The van der Waals surface area contributed by atoms with Crippen molar-refractivity contribution in [1.82, 2.24) is 15.1 Å². The van der Waals surface area contributed by atoms with Crippen LogP contribution in [0, 0.1) is 0 Å². The van der Waals surface area contributed by atoms with Crippen LogP contribution in [0.5, 0.6) is 0 Å². The maximum absolute atomic E-state index is 13.0. The summed E-state index contributed by atoms with van der Waals surface area (Å²) in [6.45, 7) is 0.666. The van der Waals surface area contributed by atoms with E-state index < -0.39 is 11.7 Å². The van der Waals surface area contributed by atoms with Gasteiger partial charge >= 0.3 is 6.18 Å². The minimum atomic E-state index is -4.43. The Morgan fingerprint density at radius 1 is 1.31 bits per heavy atom. The second-order valence-corrected chi connectivity index (χ2v) is 7.25. The Kier molecular flexibility index (Phi) is 4.26. The van der Waals surface area contributed by atoms with E-state index in [1.807, 2.05) is 0 Å². The van der Waals surface area contributed by atoms with Crippen LogP contribution in [-0.2, 0) is 6.18 Å². The third-order valence-corrected chi connectivity index (χ3v) is 5.13.